The van der Waals surface area contributed by atoms with E-state index in [9.17, 15) is 4.79 Å². The van der Waals surface area contributed by atoms with Crippen LogP contribution in [0.15, 0.2) is 30.3 Å². The molecule has 0 saturated heterocycles. The standard InChI is InChI=1S/C25H41NO/c1-5-6-7-8-9-10-11-12-13-14-21-26-24(27)20-17-22-15-18-23(19-16-22)25(2,3)4/h15-20H,5-14,21H2,1-4H3,(H,26,27)/b20-17+. The highest BCUT2D eigenvalue weighted by molar-refractivity contribution is 5.91. The first-order valence-corrected chi connectivity index (χ1v) is 11.0. The summed E-state index contributed by atoms with van der Waals surface area (Å²) < 4.78 is 0. The Labute approximate surface area is 167 Å². The van der Waals surface area contributed by atoms with Crippen LogP contribution in [0.5, 0.6) is 0 Å². The maximum Gasteiger partial charge on any atom is 0.243 e. The average Bonchev–Trinajstić information content (AvgIpc) is 2.64. The molecule has 2 nitrogen and oxygen atoms in total. The minimum atomic E-state index is 0.00539. The van der Waals surface area contributed by atoms with Gasteiger partial charge >= 0.3 is 0 Å². The lowest BCUT2D eigenvalue weighted by molar-refractivity contribution is -0.116. The van der Waals surface area contributed by atoms with Crippen molar-refractivity contribution in [2.45, 2.75) is 97.3 Å². The van der Waals surface area contributed by atoms with E-state index in [0.29, 0.717) is 0 Å². The molecule has 1 N–H and O–H groups in total. The van der Waals surface area contributed by atoms with Crippen LogP contribution in [0.2, 0.25) is 0 Å². The van der Waals surface area contributed by atoms with Gasteiger partial charge in [0.15, 0.2) is 0 Å². The van der Waals surface area contributed by atoms with Crippen LogP contribution < -0.4 is 5.32 Å². The molecule has 0 fully saturated rings. The van der Waals surface area contributed by atoms with Gasteiger partial charge in [-0.1, -0.05) is 110 Å². The summed E-state index contributed by atoms with van der Waals surface area (Å²) in [5.74, 6) is 0.00539. The molecule has 0 bridgehead atoms. The van der Waals surface area contributed by atoms with E-state index in [0.717, 1.165) is 18.5 Å². The molecule has 0 unspecified atom stereocenters. The Morgan fingerprint density at radius 2 is 1.37 bits per heavy atom. The smallest absolute Gasteiger partial charge is 0.243 e. The highest BCUT2D eigenvalue weighted by atomic mass is 16.1. The third-order valence-electron chi connectivity index (χ3n) is 5.03. The second-order valence-corrected chi connectivity index (χ2v) is 8.68. The first-order chi connectivity index (χ1) is 12.9. The molecule has 0 aliphatic carbocycles. The van der Waals surface area contributed by atoms with Crippen molar-refractivity contribution in [3.63, 3.8) is 0 Å². The molecule has 1 rings (SSSR count). The SMILES string of the molecule is CCCCCCCCCCCCNC(=O)/C=C/c1ccc(C(C)(C)C)cc1. The molecule has 0 radical (unpaired) electrons. The Bertz CT molecular complexity index is 536. The van der Waals surface area contributed by atoms with E-state index in [1.807, 2.05) is 6.08 Å². The fourth-order valence-electron chi connectivity index (χ4n) is 3.15. The van der Waals surface area contributed by atoms with Crippen LogP contribution >= 0.6 is 0 Å². The lowest BCUT2D eigenvalue weighted by atomic mass is 9.87. The Morgan fingerprint density at radius 1 is 0.852 bits per heavy atom. The summed E-state index contributed by atoms with van der Waals surface area (Å²) in [6, 6.07) is 8.43. The van der Waals surface area contributed by atoms with Crippen molar-refractivity contribution in [1.29, 1.82) is 0 Å². The van der Waals surface area contributed by atoms with Crippen LogP contribution in [-0.2, 0) is 10.2 Å². The lowest BCUT2D eigenvalue weighted by Crippen LogP contribution is -2.21. The molecule has 0 aliphatic rings. The van der Waals surface area contributed by atoms with Gasteiger partial charge in [-0.15, -0.1) is 0 Å². The highest BCUT2D eigenvalue weighted by Gasteiger charge is 2.12. The van der Waals surface area contributed by atoms with Gasteiger partial charge in [0.2, 0.25) is 5.91 Å². The summed E-state index contributed by atoms with van der Waals surface area (Å²) in [7, 11) is 0. The molecule has 0 aliphatic heterocycles. The largest absolute Gasteiger partial charge is 0.353 e. The maximum atomic E-state index is 11.9. The number of amides is 1. The maximum absolute atomic E-state index is 11.9. The zero-order chi connectivity index (χ0) is 20.0. The van der Waals surface area contributed by atoms with Crippen molar-refractivity contribution in [3.05, 3.63) is 41.5 Å². The van der Waals surface area contributed by atoms with E-state index in [-0.39, 0.29) is 11.3 Å². The van der Waals surface area contributed by atoms with Gasteiger partial charge in [-0.2, -0.15) is 0 Å². The van der Waals surface area contributed by atoms with Crippen molar-refractivity contribution >= 4 is 12.0 Å². The summed E-state index contributed by atoms with van der Waals surface area (Å²) >= 11 is 0. The van der Waals surface area contributed by atoms with Gasteiger partial charge in [-0.3, -0.25) is 4.79 Å². The van der Waals surface area contributed by atoms with Crippen molar-refractivity contribution in [2.24, 2.45) is 0 Å². The molecular formula is C25H41NO. The second-order valence-electron chi connectivity index (χ2n) is 8.68. The molecule has 1 amide bonds. The normalized spacial score (nSPS) is 11.9. The molecule has 27 heavy (non-hydrogen) atoms. The molecule has 0 aromatic heterocycles. The predicted molar refractivity (Wildman–Crippen MR) is 119 cm³/mol. The zero-order valence-electron chi connectivity index (χ0n) is 18.2. The van der Waals surface area contributed by atoms with E-state index in [1.165, 1.54) is 63.4 Å². The van der Waals surface area contributed by atoms with Gasteiger partial charge in [-0.05, 0) is 29.0 Å². The minimum absolute atomic E-state index is 0.00539. The van der Waals surface area contributed by atoms with Gasteiger partial charge in [-0.25, -0.2) is 0 Å². The zero-order valence-corrected chi connectivity index (χ0v) is 18.2. The fraction of sp³-hybridized carbons (Fsp3) is 0.640. The van der Waals surface area contributed by atoms with Crippen molar-refractivity contribution in [3.8, 4) is 0 Å². The molecule has 1 aromatic rings. The van der Waals surface area contributed by atoms with E-state index in [4.69, 9.17) is 0 Å². The molecule has 0 heterocycles. The van der Waals surface area contributed by atoms with Gasteiger partial charge in [0, 0.05) is 12.6 Å². The van der Waals surface area contributed by atoms with E-state index >= 15 is 0 Å². The average molecular weight is 372 g/mol. The number of carbonyl (C=O) groups is 1. The van der Waals surface area contributed by atoms with Crippen molar-refractivity contribution < 1.29 is 4.79 Å². The quantitative estimate of drug-likeness (QED) is 0.292. The molecule has 0 saturated carbocycles. The molecule has 0 spiro atoms. The predicted octanol–water partition coefficient (Wildman–Crippen LogP) is 7.03. The number of benzene rings is 1. The Hall–Kier alpha value is -1.57. The molecule has 2 heteroatoms. The number of hydrogen-bond donors (Lipinski definition) is 1. The molecule has 1 aromatic carbocycles. The summed E-state index contributed by atoms with van der Waals surface area (Å²) in [5, 5.41) is 2.99. The van der Waals surface area contributed by atoms with Crippen LogP contribution in [-0.4, -0.2) is 12.5 Å². The van der Waals surface area contributed by atoms with E-state index < -0.39 is 0 Å². The number of carbonyl (C=O) groups excluding carboxylic acids is 1. The van der Waals surface area contributed by atoms with E-state index in [2.05, 4.69) is 57.3 Å². The van der Waals surface area contributed by atoms with Crippen molar-refractivity contribution in [1.82, 2.24) is 5.32 Å². The monoisotopic (exact) mass is 371 g/mol. The summed E-state index contributed by atoms with van der Waals surface area (Å²) in [6.45, 7) is 9.66. The van der Waals surface area contributed by atoms with E-state index in [1.54, 1.807) is 6.08 Å². The summed E-state index contributed by atoms with van der Waals surface area (Å²) in [4.78, 5) is 11.9. The number of rotatable bonds is 13. The van der Waals surface area contributed by atoms with Gasteiger partial charge in [0.1, 0.15) is 0 Å². The Kier molecular flexibility index (Phi) is 11.8. The topological polar surface area (TPSA) is 29.1 Å². The van der Waals surface area contributed by atoms with Crippen molar-refractivity contribution in [2.75, 3.05) is 6.54 Å². The third-order valence-corrected chi connectivity index (χ3v) is 5.03. The second kappa shape index (κ2) is 13.6. The molecule has 0 atom stereocenters. The summed E-state index contributed by atoms with van der Waals surface area (Å²) in [6.07, 6.45) is 16.7. The number of hydrogen-bond acceptors (Lipinski definition) is 1. The third kappa shape index (κ3) is 11.7. The highest BCUT2D eigenvalue weighted by Crippen LogP contribution is 2.22. The van der Waals surface area contributed by atoms with Crippen LogP contribution in [0.4, 0.5) is 0 Å². The summed E-state index contributed by atoms with van der Waals surface area (Å²) in [5.41, 5.74) is 2.54. The Balaban J connectivity index is 2.08. The van der Waals surface area contributed by atoms with Crippen LogP contribution in [0.25, 0.3) is 6.08 Å². The van der Waals surface area contributed by atoms with Crippen LogP contribution in [0.1, 0.15) is 103 Å². The van der Waals surface area contributed by atoms with Gasteiger partial charge < -0.3 is 5.32 Å². The Morgan fingerprint density at radius 3 is 1.89 bits per heavy atom. The van der Waals surface area contributed by atoms with Gasteiger partial charge in [0.05, 0.1) is 0 Å². The fourth-order valence-corrected chi connectivity index (χ4v) is 3.15. The lowest BCUT2D eigenvalue weighted by Gasteiger charge is -2.18. The first-order valence-electron chi connectivity index (χ1n) is 11.0. The van der Waals surface area contributed by atoms with Crippen LogP contribution in [0, 0.1) is 0 Å². The van der Waals surface area contributed by atoms with Crippen LogP contribution in [0.3, 0.4) is 0 Å². The van der Waals surface area contributed by atoms with Gasteiger partial charge in [0.25, 0.3) is 0 Å². The molecular weight excluding hydrogens is 330 g/mol. The first kappa shape index (κ1) is 23.5. The minimum Gasteiger partial charge on any atom is -0.353 e. The number of unbranched alkanes of at least 4 members (excludes halogenated alkanes) is 9. The molecule has 152 valence electrons. The number of nitrogens with one attached hydrogen (secondary N) is 1.